The maximum Gasteiger partial charge on any atom is 0.275 e. The van der Waals surface area contributed by atoms with Crippen LogP contribution in [0.3, 0.4) is 0 Å². The summed E-state index contributed by atoms with van der Waals surface area (Å²) in [5.74, 6) is 0.0531. The fourth-order valence-electron chi connectivity index (χ4n) is 2.14. The van der Waals surface area contributed by atoms with Crippen molar-refractivity contribution in [1.29, 1.82) is 0 Å². The second-order valence-electron chi connectivity index (χ2n) is 5.05. The molecule has 1 aromatic heterocycles. The van der Waals surface area contributed by atoms with Gasteiger partial charge in [0, 0.05) is 0 Å². The molecule has 126 valence electrons. The van der Waals surface area contributed by atoms with Crippen LogP contribution in [0.1, 0.15) is 10.5 Å². The van der Waals surface area contributed by atoms with Crippen LogP contribution in [0.4, 0.5) is 21.6 Å². The number of anilines is 3. The molecule has 0 saturated carbocycles. The summed E-state index contributed by atoms with van der Waals surface area (Å²) in [4.78, 5) is 20.3. The van der Waals surface area contributed by atoms with Crippen molar-refractivity contribution in [2.75, 3.05) is 17.7 Å². The number of para-hydroxylation sites is 3. The normalized spacial score (nSPS) is 10.2. The number of hydrogen-bond donors (Lipinski definition) is 2. The molecule has 0 aliphatic heterocycles. The molecule has 0 unspecified atom stereocenters. The molecule has 1 amide bonds. The van der Waals surface area contributed by atoms with Gasteiger partial charge in [-0.05, 0) is 24.3 Å². The summed E-state index contributed by atoms with van der Waals surface area (Å²) < 4.78 is 18.8. The van der Waals surface area contributed by atoms with Gasteiger partial charge in [0.25, 0.3) is 5.91 Å². The van der Waals surface area contributed by atoms with E-state index in [-0.39, 0.29) is 11.4 Å². The van der Waals surface area contributed by atoms with Crippen molar-refractivity contribution in [2.24, 2.45) is 0 Å². The average molecular weight is 338 g/mol. The number of benzene rings is 2. The molecule has 0 fully saturated rings. The average Bonchev–Trinajstić information content (AvgIpc) is 2.64. The minimum atomic E-state index is -0.540. The summed E-state index contributed by atoms with van der Waals surface area (Å²) in [6.07, 6.45) is 2.73. The van der Waals surface area contributed by atoms with Crippen molar-refractivity contribution < 1.29 is 13.9 Å². The van der Waals surface area contributed by atoms with Crippen molar-refractivity contribution in [3.05, 3.63) is 72.4 Å². The van der Waals surface area contributed by atoms with E-state index < -0.39 is 11.7 Å². The van der Waals surface area contributed by atoms with Gasteiger partial charge in [-0.3, -0.25) is 4.79 Å². The zero-order valence-electron chi connectivity index (χ0n) is 13.4. The highest BCUT2D eigenvalue weighted by Gasteiger charge is 2.11. The van der Waals surface area contributed by atoms with Crippen LogP contribution in [0.2, 0.25) is 0 Å². The van der Waals surface area contributed by atoms with Gasteiger partial charge >= 0.3 is 0 Å². The van der Waals surface area contributed by atoms with E-state index in [0.29, 0.717) is 11.6 Å². The Morgan fingerprint density at radius 3 is 2.40 bits per heavy atom. The number of hydrogen-bond acceptors (Lipinski definition) is 5. The first-order chi connectivity index (χ1) is 12.2. The summed E-state index contributed by atoms with van der Waals surface area (Å²) in [5, 5.41) is 5.52. The third-order valence-electron chi connectivity index (χ3n) is 3.38. The molecule has 1 heterocycles. The van der Waals surface area contributed by atoms with Gasteiger partial charge in [0.2, 0.25) is 0 Å². The molecule has 0 spiro atoms. The van der Waals surface area contributed by atoms with Gasteiger partial charge in [0.15, 0.2) is 0 Å². The number of carbonyl (C=O) groups is 1. The fraction of sp³-hybridized carbons (Fsp3) is 0.0556. The largest absolute Gasteiger partial charge is 0.495 e. The number of nitrogens with one attached hydrogen (secondary N) is 2. The Morgan fingerprint density at radius 1 is 1.00 bits per heavy atom. The number of ether oxygens (including phenoxy) is 1. The molecule has 0 atom stereocenters. The Bertz CT molecular complexity index is 884. The third-order valence-corrected chi connectivity index (χ3v) is 3.38. The van der Waals surface area contributed by atoms with E-state index in [2.05, 4.69) is 20.6 Å². The van der Waals surface area contributed by atoms with E-state index in [0.717, 1.165) is 5.69 Å². The molecule has 2 N–H and O–H groups in total. The highest BCUT2D eigenvalue weighted by atomic mass is 19.1. The zero-order chi connectivity index (χ0) is 17.6. The minimum absolute atomic E-state index is 0.0776. The molecule has 6 nitrogen and oxygen atoms in total. The molecule has 0 aliphatic rings. The lowest BCUT2D eigenvalue weighted by Gasteiger charge is -2.10. The first-order valence-electron chi connectivity index (χ1n) is 7.45. The first kappa shape index (κ1) is 16.4. The number of rotatable bonds is 5. The maximum absolute atomic E-state index is 13.6. The molecule has 2 aromatic carbocycles. The highest BCUT2D eigenvalue weighted by molar-refractivity contribution is 6.02. The lowest BCUT2D eigenvalue weighted by molar-refractivity contribution is 0.102. The van der Waals surface area contributed by atoms with Gasteiger partial charge in [0.1, 0.15) is 23.1 Å². The third kappa shape index (κ3) is 3.89. The molecule has 3 aromatic rings. The van der Waals surface area contributed by atoms with E-state index in [9.17, 15) is 9.18 Å². The molecule has 7 heteroatoms. The smallest absolute Gasteiger partial charge is 0.275 e. The number of carbonyl (C=O) groups excluding carboxylic acids is 1. The van der Waals surface area contributed by atoms with Crippen molar-refractivity contribution in [3.63, 3.8) is 0 Å². The fourth-order valence-corrected chi connectivity index (χ4v) is 2.14. The van der Waals surface area contributed by atoms with E-state index in [1.54, 1.807) is 19.2 Å². The Morgan fingerprint density at radius 2 is 1.72 bits per heavy atom. The van der Waals surface area contributed by atoms with E-state index >= 15 is 0 Å². The Balaban J connectivity index is 1.72. The standard InChI is InChI=1S/C18H15FN4O2/c1-25-16-9-5-4-8-14(16)22-17-11-20-15(10-21-17)18(24)23-13-7-3-2-6-12(13)19/h2-11H,1H3,(H,21,22)(H,23,24). The summed E-state index contributed by atoms with van der Waals surface area (Å²) in [6.45, 7) is 0. The molecule has 0 saturated heterocycles. The lowest BCUT2D eigenvalue weighted by Crippen LogP contribution is -2.15. The van der Waals surface area contributed by atoms with Gasteiger partial charge in [-0.25, -0.2) is 14.4 Å². The maximum atomic E-state index is 13.6. The number of methoxy groups -OCH3 is 1. The SMILES string of the molecule is COc1ccccc1Nc1cnc(C(=O)Nc2ccccc2F)cn1. The molecule has 3 rings (SSSR count). The Hall–Kier alpha value is -3.48. The minimum Gasteiger partial charge on any atom is -0.495 e. The number of aromatic nitrogens is 2. The molecular weight excluding hydrogens is 323 g/mol. The predicted octanol–water partition coefficient (Wildman–Crippen LogP) is 3.62. The van der Waals surface area contributed by atoms with Gasteiger partial charge in [0.05, 0.1) is 30.9 Å². The van der Waals surface area contributed by atoms with Crippen LogP contribution in [0, 0.1) is 5.82 Å². The monoisotopic (exact) mass is 338 g/mol. The van der Waals surface area contributed by atoms with Gasteiger partial charge in [-0.15, -0.1) is 0 Å². The van der Waals surface area contributed by atoms with Crippen LogP contribution in [-0.4, -0.2) is 23.0 Å². The first-order valence-corrected chi connectivity index (χ1v) is 7.45. The Kier molecular flexibility index (Phi) is 4.84. The van der Waals surface area contributed by atoms with E-state index in [4.69, 9.17) is 4.74 Å². The van der Waals surface area contributed by atoms with Gasteiger partial charge in [-0.2, -0.15) is 0 Å². The van der Waals surface area contributed by atoms with Crippen molar-refractivity contribution in [2.45, 2.75) is 0 Å². The number of nitrogens with zero attached hydrogens (tertiary/aromatic N) is 2. The second-order valence-corrected chi connectivity index (χ2v) is 5.05. The van der Waals surface area contributed by atoms with Crippen LogP contribution < -0.4 is 15.4 Å². The second kappa shape index (κ2) is 7.39. The van der Waals surface area contributed by atoms with Gasteiger partial charge < -0.3 is 15.4 Å². The van der Waals surface area contributed by atoms with Crippen LogP contribution in [0.25, 0.3) is 0 Å². The van der Waals surface area contributed by atoms with Crippen molar-refractivity contribution in [3.8, 4) is 5.75 Å². The molecule has 25 heavy (non-hydrogen) atoms. The Labute approximate surface area is 143 Å². The zero-order valence-corrected chi connectivity index (χ0v) is 13.4. The van der Waals surface area contributed by atoms with Crippen LogP contribution in [0.15, 0.2) is 60.9 Å². The number of amides is 1. The van der Waals surface area contributed by atoms with Crippen molar-refractivity contribution >= 4 is 23.1 Å². The lowest BCUT2D eigenvalue weighted by atomic mass is 10.3. The summed E-state index contributed by atoms with van der Waals surface area (Å²) in [6, 6.07) is 13.3. The van der Waals surface area contributed by atoms with Crippen LogP contribution >= 0.6 is 0 Å². The molecule has 0 aliphatic carbocycles. The quantitative estimate of drug-likeness (QED) is 0.743. The molecule has 0 bridgehead atoms. The van der Waals surface area contributed by atoms with E-state index in [1.807, 2.05) is 24.3 Å². The summed E-state index contributed by atoms with van der Waals surface area (Å²) in [7, 11) is 1.57. The summed E-state index contributed by atoms with van der Waals surface area (Å²) >= 11 is 0. The molecular formula is C18H15FN4O2. The predicted molar refractivity (Wildman–Crippen MR) is 92.7 cm³/mol. The topological polar surface area (TPSA) is 76.1 Å². The van der Waals surface area contributed by atoms with E-state index in [1.165, 1.54) is 24.5 Å². The van der Waals surface area contributed by atoms with Crippen molar-refractivity contribution in [1.82, 2.24) is 9.97 Å². The molecule has 0 radical (unpaired) electrons. The van der Waals surface area contributed by atoms with Crippen LogP contribution in [-0.2, 0) is 0 Å². The van der Waals surface area contributed by atoms with Crippen LogP contribution in [0.5, 0.6) is 5.75 Å². The highest BCUT2D eigenvalue weighted by Crippen LogP contribution is 2.25. The number of halogens is 1. The van der Waals surface area contributed by atoms with Gasteiger partial charge in [-0.1, -0.05) is 24.3 Å². The summed E-state index contributed by atoms with van der Waals surface area (Å²) in [5.41, 5.74) is 0.891.